The zero-order valence-corrected chi connectivity index (χ0v) is 20.9. The number of nitrogens with one attached hydrogen (secondary N) is 2. The number of likely N-dealkylation sites (N-methyl/N-ethyl adjacent to an activating group) is 1. The molecule has 3 rings (SSSR count). The number of aromatic hydroxyl groups is 1. The van der Waals surface area contributed by atoms with Crippen LogP contribution in [0.5, 0.6) is 5.75 Å². The molecule has 0 atom stereocenters. The number of pyridine rings is 1. The van der Waals surface area contributed by atoms with Gasteiger partial charge < -0.3 is 25.7 Å². The van der Waals surface area contributed by atoms with Crippen molar-refractivity contribution in [1.82, 2.24) is 9.88 Å². The zero-order valence-electron chi connectivity index (χ0n) is 20.9. The molecule has 1 aromatic heterocycles. The second kappa shape index (κ2) is 13.6. The number of nitriles is 1. The molecule has 190 valence electrons. The number of carbonyl (C=O) groups is 1. The Kier molecular flexibility index (Phi) is 10.0. The predicted octanol–water partition coefficient (Wildman–Crippen LogP) is 4.52. The Hall–Kier alpha value is -4.37. The number of nitrogens with zero attached hydrogens (tertiary/aromatic N) is 3. The number of aliphatic hydroxyl groups is 1. The topological polar surface area (TPSA) is 122 Å². The standard InChI is InChI=1S/C29H31N5O3/c1-3-21-10-8-11-23(16-21)32-29-22(19-30)20-31-25-18-27(36)26(17-24(25)29)33-28(37)12-9-14-34(2)13-6-4-5-7-15-35/h1,8-12,16-18,20,35-36H,4-7,13-15H2,2H3,(H,31,32)(H,33,37)/b12-9+. The third-order valence-corrected chi connectivity index (χ3v) is 5.80. The van der Waals surface area contributed by atoms with Crippen molar-refractivity contribution in [3.63, 3.8) is 0 Å². The van der Waals surface area contributed by atoms with E-state index in [2.05, 4.69) is 32.5 Å². The van der Waals surface area contributed by atoms with Gasteiger partial charge in [-0.3, -0.25) is 9.78 Å². The van der Waals surface area contributed by atoms with E-state index < -0.39 is 0 Å². The van der Waals surface area contributed by atoms with Crippen molar-refractivity contribution >= 4 is 33.9 Å². The number of benzene rings is 2. The number of amides is 1. The van der Waals surface area contributed by atoms with Gasteiger partial charge >= 0.3 is 0 Å². The summed E-state index contributed by atoms with van der Waals surface area (Å²) in [7, 11) is 1.98. The maximum atomic E-state index is 12.5. The van der Waals surface area contributed by atoms with Crippen molar-refractivity contribution in [2.75, 3.05) is 37.4 Å². The number of terminal acetylenes is 1. The number of phenols is 1. The highest BCUT2D eigenvalue weighted by Gasteiger charge is 2.14. The number of anilines is 3. The molecule has 8 nitrogen and oxygen atoms in total. The summed E-state index contributed by atoms with van der Waals surface area (Å²) in [6.07, 6.45) is 14.1. The van der Waals surface area contributed by atoms with E-state index in [1.165, 1.54) is 18.3 Å². The normalized spacial score (nSPS) is 10.9. The van der Waals surface area contributed by atoms with Crippen molar-refractivity contribution in [2.45, 2.75) is 25.7 Å². The Morgan fingerprint density at radius 2 is 2.03 bits per heavy atom. The number of phenolic OH excluding ortho intramolecular Hbond substituents is 1. The maximum Gasteiger partial charge on any atom is 0.248 e. The van der Waals surface area contributed by atoms with Gasteiger partial charge in [-0.25, -0.2) is 0 Å². The summed E-state index contributed by atoms with van der Waals surface area (Å²) in [6, 6.07) is 12.4. The monoisotopic (exact) mass is 497 g/mol. The maximum absolute atomic E-state index is 12.5. The lowest BCUT2D eigenvalue weighted by Crippen LogP contribution is -2.20. The molecule has 0 radical (unpaired) electrons. The fourth-order valence-electron chi connectivity index (χ4n) is 3.83. The number of hydrogen-bond acceptors (Lipinski definition) is 7. The Morgan fingerprint density at radius 1 is 1.22 bits per heavy atom. The van der Waals surface area contributed by atoms with Gasteiger partial charge in [0.1, 0.15) is 11.8 Å². The Balaban J connectivity index is 1.74. The van der Waals surface area contributed by atoms with Crippen LogP contribution >= 0.6 is 0 Å². The summed E-state index contributed by atoms with van der Waals surface area (Å²) in [5.74, 6) is 2.07. The first-order valence-electron chi connectivity index (χ1n) is 12.1. The number of rotatable bonds is 12. The lowest BCUT2D eigenvalue weighted by Gasteiger charge is -2.14. The minimum atomic E-state index is -0.383. The molecule has 0 fully saturated rings. The zero-order chi connectivity index (χ0) is 26.6. The third-order valence-electron chi connectivity index (χ3n) is 5.80. The van der Waals surface area contributed by atoms with Gasteiger partial charge in [-0.2, -0.15) is 5.26 Å². The van der Waals surface area contributed by atoms with Crippen molar-refractivity contribution in [3.8, 4) is 24.2 Å². The van der Waals surface area contributed by atoms with Gasteiger partial charge in [0.15, 0.2) is 0 Å². The number of unbranched alkanes of at least 4 members (excludes halogenated alkanes) is 3. The lowest BCUT2D eigenvalue weighted by molar-refractivity contribution is -0.111. The number of hydrogen-bond donors (Lipinski definition) is 4. The van der Waals surface area contributed by atoms with Gasteiger partial charge in [-0.05, 0) is 50.7 Å². The van der Waals surface area contributed by atoms with Crippen LogP contribution in [0.3, 0.4) is 0 Å². The van der Waals surface area contributed by atoms with Crippen LogP contribution in [0.1, 0.15) is 36.8 Å². The molecule has 0 spiro atoms. The largest absolute Gasteiger partial charge is 0.506 e. The molecular formula is C29H31N5O3. The molecule has 4 N–H and O–H groups in total. The van der Waals surface area contributed by atoms with Gasteiger partial charge in [0, 0.05) is 48.1 Å². The summed E-state index contributed by atoms with van der Waals surface area (Å²) >= 11 is 0. The molecule has 1 amide bonds. The minimum absolute atomic E-state index is 0.133. The van der Waals surface area contributed by atoms with Crippen LogP contribution in [0.25, 0.3) is 10.9 Å². The molecule has 8 heteroatoms. The van der Waals surface area contributed by atoms with Crippen molar-refractivity contribution in [2.24, 2.45) is 0 Å². The third kappa shape index (κ3) is 7.81. The molecule has 0 aliphatic rings. The van der Waals surface area contributed by atoms with Gasteiger partial charge in [-0.15, -0.1) is 6.42 Å². The summed E-state index contributed by atoms with van der Waals surface area (Å²) in [5, 5.41) is 35.5. The molecule has 0 saturated heterocycles. The van der Waals surface area contributed by atoms with E-state index in [4.69, 9.17) is 11.5 Å². The van der Waals surface area contributed by atoms with Crippen molar-refractivity contribution < 1.29 is 15.0 Å². The van der Waals surface area contributed by atoms with Gasteiger partial charge in [0.2, 0.25) is 5.91 Å². The van der Waals surface area contributed by atoms with Crippen molar-refractivity contribution in [1.29, 1.82) is 5.26 Å². The average molecular weight is 498 g/mol. The van der Waals surface area contributed by atoms with E-state index in [-0.39, 0.29) is 24.0 Å². The highest BCUT2D eigenvalue weighted by Crippen LogP contribution is 2.35. The number of fused-ring (bicyclic) bond motifs is 1. The average Bonchev–Trinajstić information content (AvgIpc) is 2.89. The van der Waals surface area contributed by atoms with E-state index >= 15 is 0 Å². The van der Waals surface area contributed by atoms with Crippen LogP contribution in [0, 0.1) is 23.7 Å². The number of aliphatic hydroxyl groups excluding tert-OH is 1. The van der Waals surface area contributed by atoms with Crippen LogP contribution in [0.15, 0.2) is 54.7 Å². The van der Waals surface area contributed by atoms with Crippen LogP contribution in [0.4, 0.5) is 17.1 Å². The molecule has 0 bridgehead atoms. The molecule has 0 aliphatic carbocycles. The smallest absolute Gasteiger partial charge is 0.248 e. The molecule has 1 heterocycles. The Bertz CT molecular complexity index is 1350. The van der Waals surface area contributed by atoms with Crippen LogP contribution < -0.4 is 10.6 Å². The van der Waals surface area contributed by atoms with E-state index in [1.54, 1.807) is 24.3 Å². The summed E-state index contributed by atoms with van der Waals surface area (Å²) in [4.78, 5) is 18.9. The SMILES string of the molecule is C#Cc1cccc(Nc2c(C#N)cnc3cc(O)c(NC(=O)/C=C/CN(C)CCCCCCO)cc23)c1. The number of carbonyl (C=O) groups excluding carboxylic acids is 1. The van der Waals surface area contributed by atoms with Crippen LogP contribution in [-0.2, 0) is 4.79 Å². The summed E-state index contributed by atoms with van der Waals surface area (Å²) < 4.78 is 0. The minimum Gasteiger partial charge on any atom is -0.506 e. The highest BCUT2D eigenvalue weighted by atomic mass is 16.3. The first-order valence-corrected chi connectivity index (χ1v) is 12.1. The first kappa shape index (κ1) is 27.2. The van der Waals surface area contributed by atoms with E-state index in [0.717, 1.165) is 32.2 Å². The Labute approximate surface area is 217 Å². The summed E-state index contributed by atoms with van der Waals surface area (Å²) in [6.45, 7) is 1.74. The second-order valence-corrected chi connectivity index (χ2v) is 8.69. The first-order chi connectivity index (χ1) is 17.9. The van der Waals surface area contributed by atoms with E-state index in [9.17, 15) is 15.2 Å². The summed E-state index contributed by atoms with van der Waals surface area (Å²) in [5.41, 5.74) is 2.84. The quantitative estimate of drug-likeness (QED) is 0.126. The van der Waals surface area contributed by atoms with Crippen LogP contribution in [0.2, 0.25) is 0 Å². The molecule has 37 heavy (non-hydrogen) atoms. The number of aromatic nitrogens is 1. The Morgan fingerprint density at radius 3 is 2.78 bits per heavy atom. The molecule has 0 aliphatic heterocycles. The van der Waals surface area contributed by atoms with Crippen LogP contribution in [-0.4, -0.2) is 52.7 Å². The highest BCUT2D eigenvalue weighted by molar-refractivity contribution is 6.04. The lowest BCUT2D eigenvalue weighted by atomic mass is 10.1. The van der Waals surface area contributed by atoms with Crippen molar-refractivity contribution in [3.05, 3.63) is 65.9 Å². The van der Waals surface area contributed by atoms with E-state index in [0.29, 0.717) is 39.9 Å². The molecule has 2 aromatic carbocycles. The van der Waals surface area contributed by atoms with E-state index in [1.807, 2.05) is 19.2 Å². The van der Waals surface area contributed by atoms with Gasteiger partial charge in [0.05, 0.1) is 22.5 Å². The molecule has 0 unspecified atom stereocenters. The molecule has 0 saturated carbocycles. The molecular weight excluding hydrogens is 466 g/mol. The fraction of sp³-hybridized carbons (Fsp3) is 0.276. The fourth-order valence-corrected chi connectivity index (χ4v) is 3.83. The predicted molar refractivity (Wildman–Crippen MR) is 147 cm³/mol. The molecule has 3 aromatic rings. The van der Waals surface area contributed by atoms with Gasteiger partial charge in [-0.1, -0.05) is 30.9 Å². The van der Waals surface area contributed by atoms with Gasteiger partial charge in [0.25, 0.3) is 0 Å². The second-order valence-electron chi connectivity index (χ2n) is 8.69.